The normalized spacial score (nSPS) is 15.0. The molecule has 2 nitrogen and oxygen atoms in total. The highest BCUT2D eigenvalue weighted by atomic mass is 32.2. The maximum Gasteiger partial charge on any atom is 0.0550 e. The van der Waals surface area contributed by atoms with Crippen molar-refractivity contribution in [2.45, 2.75) is 37.2 Å². The second-order valence-electron chi connectivity index (χ2n) is 3.61. The highest BCUT2D eigenvalue weighted by Gasteiger charge is 2.17. The fraction of sp³-hybridized carbons (Fsp3) is 1.00. The Hall–Kier alpha value is 0.270. The molecule has 1 atom stereocenters. The Labute approximate surface area is 73.6 Å². The van der Waals surface area contributed by atoms with Gasteiger partial charge in [-0.3, -0.25) is 0 Å². The van der Waals surface area contributed by atoms with Crippen LogP contribution in [0.4, 0.5) is 0 Å². The van der Waals surface area contributed by atoms with Crippen LogP contribution in [-0.2, 0) is 0 Å². The molecule has 0 aliphatic carbocycles. The molecule has 0 rings (SSSR count). The van der Waals surface area contributed by atoms with Crippen molar-refractivity contribution in [3.8, 4) is 0 Å². The lowest BCUT2D eigenvalue weighted by atomic mass is 10.3. The molecule has 0 amide bonds. The molecule has 0 aromatic carbocycles. The van der Waals surface area contributed by atoms with Crippen molar-refractivity contribution in [3.05, 3.63) is 0 Å². The van der Waals surface area contributed by atoms with E-state index in [1.54, 1.807) is 11.8 Å². The van der Waals surface area contributed by atoms with Crippen molar-refractivity contribution in [3.63, 3.8) is 0 Å². The molecule has 0 saturated heterocycles. The van der Waals surface area contributed by atoms with E-state index in [0.717, 1.165) is 6.42 Å². The van der Waals surface area contributed by atoms with E-state index in [4.69, 9.17) is 10.8 Å². The van der Waals surface area contributed by atoms with Gasteiger partial charge in [0.15, 0.2) is 0 Å². The Balaban J connectivity index is 3.68. The summed E-state index contributed by atoms with van der Waals surface area (Å²) in [5, 5.41) is 9.25. The molecule has 0 aromatic heterocycles. The standard InChI is InChI=1S/C8H19NOS/c1-8(2,3)11-7(6-10)4-5-9/h7,10H,4-6,9H2,1-3H3/t7-/m1/s1. The van der Waals surface area contributed by atoms with Gasteiger partial charge in [-0.2, -0.15) is 11.8 Å². The van der Waals surface area contributed by atoms with Crippen LogP contribution in [0.25, 0.3) is 0 Å². The third-order valence-electron chi connectivity index (χ3n) is 1.21. The smallest absolute Gasteiger partial charge is 0.0550 e. The molecule has 3 heteroatoms. The summed E-state index contributed by atoms with van der Waals surface area (Å²) in [7, 11) is 0. The van der Waals surface area contributed by atoms with E-state index in [0.29, 0.717) is 11.8 Å². The number of thioether (sulfide) groups is 1. The quantitative estimate of drug-likeness (QED) is 0.679. The maximum atomic E-state index is 8.94. The monoisotopic (exact) mass is 177 g/mol. The first-order chi connectivity index (χ1) is 4.99. The van der Waals surface area contributed by atoms with Crippen molar-refractivity contribution < 1.29 is 5.11 Å². The summed E-state index contributed by atoms with van der Waals surface area (Å²) in [5.41, 5.74) is 5.40. The van der Waals surface area contributed by atoms with Gasteiger partial charge in [0.05, 0.1) is 6.61 Å². The molecular weight excluding hydrogens is 158 g/mol. The molecule has 3 N–H and O–H groups in total. The molecule has 0 radical (unpaired) electrons. The minimum absolute atomic E-state index is 0.225. The molecule has 0 spiro atoms. The molecule has 0 aromatic rings. The third kappa shape index (κ3) is 6.66. The summed E-state index contributed by atoms with van der Waals surface area (Å²) in [5.74, 6) is 0. The lowest BCUT2D eigenvalue weighted by molar-refractivity contribution is 0.290. The largest absolute Gasteiger partial charge is 0.395 e. The molecule has 0 aliphatic rings. The average Bonchev–Trinajstić information content (AvgIpc) is 1.84. The molecule has 0 saturated carbocycles. The van der Waals surface area contributed by atoms with Crippen LogP contribution in [0.5, 0.6) is 0 Å². The first kappa shape index (κ1) is 11.3. The molecule has 0 heterocycles. The predicted molar refractivity (Wildman–Crippen MR) is 51.9 cm³/mol. The Morgan fingerprint density at radius 2 is 2.00 bits per heavy atom. The predicted octanol–water partition coefficient (Wildman–Crippen LogP) is 1.23. The van der Waals surface area contributed by atoms with Crippen molar-refractivity contribution in [2.24, 2.45) is 5.73 Å². The van der Waals surface area contributed by atoms with Gasteiger partial charge in [0.1, 0.15) is 0 Å². The molecule has 0 aliphatic heterocycles. The van der Waals surface area contributed by atoms with Gasteiger partial charge in [-0.25, -0.2) is 0 Å². The van der Waals surface area contributed by atoms with E-state index in [2.05, 4.69) is 20.8 Å². The van der Waals surface area contributed by atoms with Crippen LogP contribution in [0.3, 0.4) is 0 Å². The summed E-state index contributed by atoms with van der Waals surface area (Å²) < 4.78 is 0.225. The van der Waals surface area contributed by atoms with Gasteiger partial charge < -0.3 is 10.8 Å². The van der Waals surface area contributed by atoms with Crippen LogP contribution >= 0.6 is 11.8 Å². The topological polar surface area (TPSA) is 46.2 Å². The number of nitrogens with two attached hydrogens (primary N) is 1. The zero-order valence-electron chi connectivity index (χ0n) is 7.63. The van der Waals surface area contributed by atoms with Gasteiger partial charge in [-0.05, 0) is 13.0 Å². The zero-order chi connectivity index (χ0) is 8.91. The summed E-state index contributed by atoms with van der Waals surface area (Å²) >= 11 is 1.80. The molecular formula is C8H19NOS. The van der Waals surface area contributed by atoms with E-state index in [1.807, 2.05) is 0 Å². The van der Waals surface area contributed by atoms with Crippen LogP contribution in [0.1, 0.15) is 27.2 Å². The Bertz CT molecular complexity index is 101. The maximum absolute atomic E-state index is 8.94. The molecule has 0 unspecified atom stereocenters. The van der Waals surface area contributed by atoms with E-state index >= 15 is 0 Å². The van der Waals surface area contributed by atoms with Gasteiger partial charge in [0.25, 0.3) is 0 Å². The molecule has 11 heavy (non-hydrogen) atoms. The van der Waals surface area contributed by atoms with Crippen molar-refractivity contribution in [2.75, 3.05) is 13.2 Å². The fourth-order valence-corrected chi connectivity index (χ4v) is 2.20. The second-order valence-corrected chi connectivity index (χ2v) is 5.74. The highest BCUT2D eigenvalue weighted by Crippen LogP contribution is 2.29. The van der Waals surface area contributed by atoms with E-state index in [1.165, 1.54) is 0 Å². The summed E-state index contributed by atoms with van der Waals surface area (Å²) in [6.45, 7) is 7.35. The Morgan fingerprint density at radius 1 is 1.45 bits per heavy atom. The Morgan fingerprint density at radius 3 is 2.27 bits per heavy atom. The first-order valence-corrected chi connectivity index (χ1v) is 4.86. The highest BCUT2D eigenvalue weighted by molar-refractivity contribution is 8.01. The number of hydrogen-bond donors (Lipinski definition) is 2. The van der Waals surface area contributed by atoms with Crippen molar-refractivity contribution >= 4 is 11.8 Å². The van der Waals surface area contributed by atoms with Crippen LogP contribution in [-0.4, -0.2) is 28.3 Å². The Kier molecular flexibility index (Phi) is 5.13. The van der Waals surface area contributed by atoms with Crippen LogP contribution < -0.4 is 5.73 Å². The molecule has 0 fully saturated rings. The number of aliphatic hydroxyl groups is 1. The summed E-state index contributed by atoms with van der Waals surface area (Å²) in [6, 6.07) is 0. The SMILES string of the molecule is CC(C)(C)S[C@@H](CO)CCN. The van der Waals surface area contributed by atoms with Crippen LogP contribution in [0, 0.1) is 0 Å². The lowest BCUT2D eigenvalue weighted by Gasteiger charge is -2.23. The summed E-state index contributed by atoms with van der Waals surface area (Å²) in [6.07, 6.45) is 0.901. The average molecular weight is 177 g/mol. The number of aliphatic hydroxyl groups excluding tert-OH is 1. The minimum Gasteiger partial charge on any atom is -0.395 e. The zero-order valence-corrected chi connectivity index (χ0v) is 8.45. The first-order valence-electron chi connectivity index (χ1n) is 3.98. The second kappa shape index (κ2) is 5.01. The molecule has 68 valence electrons. The van der Waals surface area contributed by atoms with E-state index in [-0.39, 0.29) is 11.4 Å². The lowest BCUT2D eigenvalue weighted by Crippen LogP contribution is -2.21. The summed E-state index contributed by atoms with van der Waals surface area (Å²) in [4.78, 5) is 0. The van der Waals surface area contributed by atoms with E-state index < -0.39 is 0 Å². The van der Waals surface area contributed by atoms with Gasteiger partial charge in [-0.15, -0.1) is 0 Å². The van der Waals surface area contributed by atoms with Crippen LogP contribution in [0.2, 0.25) is 0 Å². The van der Waals surface area contributed by atoms with Gasteiger partial charge in [-0.1, -0.05) is 20.8 Å². The van der Waals surface area contributed by atoms with Gasteiger partial charge in [0.2, 0.25) is 0 Å². The fourth-order valence-electron chi connectivity index (χ4n) is 0.873. The number of rotatable bonds is 4. The van der Waals surface area contributed by atoms with Crippen LogP contribution in [0.15, 0.2) is 0 Å². The number of hydrogen-bond acceptors (Lipinski definition) is 3. The van der Waals surface area contributed by atoms with Crippen molar-refractivity contribution in [1.82, 2.24) is 0 Å². The molecule has 0 bridgehead atoms. The third-order valence-corrected chi connectivity index (χ3v) is 2.64. The van der Waals surface area contributed by atoms with Crippen molar-refractivity contribution in [1.29, 1.82) is 0 Å². The van der Waals surface area contributed by atoms with Gasteiger partial charge in [0, 0.05) is 10.00 Å². The van der Waals surface area contributed by atoms with Gasteiger partial charge >= 0.3 is 0 Å². The van der Waals surface area contributed by atoms with E-state index in [9.17, 15) is 0 Å². The minimum atomic E-state index is 0.225.